The van der Waals surface area contributed by atoms with E-state index in [1.54, 1.807) is 19.2 Å². The van der Waals surface area contributed by atoms with Crippen molar-refractivity contribution >= 4 is 5.97 Å². The second kappa shape index (κ2) is 3.93. The number of rotatable bonds is 2. The van der Waals surface area contributed by atoms with Gasteiger partial charge in [-0.25, -0.2) is 9.59 Å². The number of hydrogen-bond donors (Lipinski definition) is 2. The molecule has 88 valence electrons. The first-order chi connectivity index (χ1) is 8.00. The van der Waals surface area contributed by atoms with Crippen molar-refractivity contribution in [3.05, 3.63) is 46.0 Å². The van der Waals surface area contributed by atoms with E-state index in [1.807, 2.05) is 19.1 Å². The molecule has 0 saturated carbocycles. The average Bonchev–Trinajstić information content (AvgIpc) is 2.57. The fourth-order valence-electron chi connectivity index (χ4n) is 1.72. The monoisotopic (exact) mass is 232 g/mol. The molecular formula is C12H12N2O3. The predicted octanol–water partition coefficient (Wildman–Crippen LogP) is 1.39. The van der Waals surface area contributed by atoms with Gasteiger partial charge in [-0.15, -0.1) is 0 Å². The third-order valence-corrected chi connectivity index (χ3v) is 2.65. The number of carboxylic acid groups (broad SMARTS) is 1. The molecule has 2 rings (SSSR count). The van der Waals surface area contributed by atoms with E-state index in [9.17, 15) is 9.59 Å². The molecule has 0 fully saturated rings. The first-order valence-corrected chi connectivity index (χ1v) is 5.10. The van der Waals surface area contributed by atoms with Gasteiger partial charge in [-0.05, 0) is 6.92 Å². The largest absolute Gasteiger partial charge is 0.477 e. The minimum absolute atomic E-state index is 0.0821. The number of H-pyrrole nitrogens is 1. The number of nitrogens with zero attached hydrogens (tertiary/aromatic N) is 1. The lowest BCUT2D eigenvalue weighted by molar-refractivity contribution is 0.0691. The molecule has 5 nitrogen and oxygen atoms in total. The number of aromatic carboxylic acids is 1. The normalized spacial score (nSPS) is 10.5. The highest BCUT2D eigenvalue weighted by Gasteiger charge is 2.18. The van der Waals surface area contributed by atoms with Crippen molar-refractivity contribution in [1.29, 1.82) is 0 Å². The van der Waals surface area contributed by atoms with Crippen LogP contribution in [0.5, 0.6) is 0 Å². The van der Waals surface area contributed by atoms with Crippen LogP contribution in [0.2, 0.25) is 0 Å². The van der Waals surface area contributed by atoms with E-state index in [1.165, 1.54) is 4.57 Å². The van der Waals surface area contributed by atoms with Gasteiger partial charge in [-0.1, -0.05) is 29.8 Å². The van der Waals surface area contributed by atoms with Gasteiger partial charge in [0.2, 0.25) is 0 Å². The van der Waals surface area contributed by atoms with Crippen LogP contribution in [0.15, 0.2) is 29.1 Å². The number of aryl methyl sites for hydroxylation is 1. The van der Waals surface area contributed by atoms with E-state index in [-0.39, 0.29) is 5.69 Å². The molecule has 0 radical (unpaired) electrons. The fraction of sp³-hybridized carbons (Fsp3) is 0.167. The predicted molar refractivity (Wildman–Crippen MR) is 63.2 cm³/mol. The summed E-state index contributed by atoms with van der Waals surface area (Å²) < 4.78 is 1.30. The van der Waals surface area contributed by atoms with Gasteiger partial charge < -0.3 is 5.11 Å². The molecule has 0 saturated heterocycles. The van der Waals surface area contributed by atoms with Crippen LogP contribution in [0.4, 0.5) is 0 Å². The van der Waals surface area contributed by atoms with Crippen LogP contribution >= 0.6 is 0 Å². The molecule has 0 bridgehead atoms. The van der Waals surface area contributed by atoms with Crippen molar-refractivity contribution in [2.24, 2.45) is 7.05 Å². The highest BCUT2D eigenvalue weighted by atomic mass is 16.4. The molecule has 1 aromatic carbocycles. The lowest BCUT2D eigenvalue weighted by Gasteiger charge is -2.04. The van der Waals surface area contributed by atoms with Crippen molar-refractivity contribution in [2.75, 3.05) is 0 Å². The number of hydrogen-bond acceptors (Lipinski definition) is 2. The molecule has 0 unspecified atom stereocenters. The maximum Gasteiger partial charge on any atom is 0.354 e. The summed E-state index contributed by atoms with van der Waals surface area (Å²) >= 11 is 0. The molecule has 0 aliphatic rings. The van der Waals surface area contributed by atoms with Crippen molar-refractivity contribution in [2.45, 2.75) is 6.92 Å². The topological polar surface area (TPSA) is 75.1 Å². The number of aromatic nitrogens is 2. The quantitative estimate of drug-likeness (QED) is 0.821. The Kier molecular flexibility index (Phi) is 2.59. The lowest BCUT2D eigenvalue weighted by Crippen LogP contribution is -2.13. The number of nitrogens with one attached hydrogen (secondary N) is 1. The zero-order valence-electron chi connectivity index (χ0n) is 9.52. The Bertz CT molecular complexity index is 620. The molecule has 0 amide bonds. The van der Waals surface area contributed by atoms with Crippen LogP contribution in [0.3, 0.4) is 0 Å². The Balaban J connectivity index is 2.69. The SMILES string of the molecule is Cc1ccc(-c2c(C(=O)O)[nH]c(=O)n2C)cc1. The standard InChI is InChI=1S/C12H12N2O3/c1-7-3-5-8(6-4-7)10-9(11(15)16)13-12(17)14(10)2/h3-6H,1-2H3,(H,13,17)(H,15,16). The molecule has 5 heteroatoms. The summed E-state index contributed by atoms with van der Waals surface area (Å²) in [5, 5.41) is 9.04. The first-order valence-electron chi connectivity index (χ1n) is 5.10. The van der Waals surface area contributed by atoms with Gasteiger partial charge >= 0.3 is 11.7 Å². The molecule has 1 aromatic heterocycles. The summed E-state index contributed by atoms with van der Waals surface area (Å²) in [6, 6.07) is 7.34. The van der Waals surface area contributed by atoms with Crippen molar-refractivity contribution < 1.29 is 9.90 Å². The minimum atomic E-state index is -1.14. The van der Waals surface area contributed by atoms with Crippen LogP contribution in [-0.4, -0.2) is 20.6 Å². The van der Waals surface area contributed by atoms with Crippen LogP contribution in [0.25, 0.3) is 11.3 Å². The van der Waals surface area contributed by atoms with Gasteiger partial charge in [-0.3, -0.25) is 9.55 Å². The van der Waals surface area contributed by atoms with Crippen LogP contribution < -0.4 is 5.69 Å². The van der Waals surface area contributed by atoms with E-state index in [2.05, 4.69) is 4.98 Å². The van der Waals surface area contributed by atoms with Gasteiger partial charge in [0.1, 0.15) is 0 Å². The van der Waals surface area contributed by atoms with E-state index < -0.39 is 11.7 Å². The summed E-state index contributed by atoms with van der Waals surface area (Å²) in [5.74, 6) is -1.14. The second-order valence-corrected chi connectivity index (χ2v) is 3.88. The van der Waals surface area contributed by atoms with Gasteiger partial charge in [0.05, 0.1) is 5.69 Å². The molecule has 0 atom stereocenters. The molecule has 17 heavy (non-hydrogen) atoms. The van der Waals surface area contributed by atoms with Gasteiger partial charge in [0, 0.05) is 12.6 Å². The number of imidazole rings is 1. The maximum atomic E-state index is 11.4. The molecule has 2 aromatic rings. The van der Waals surface area contributed by atoms with E-state index >= 15 is 0 Å². The van der Waals surface area contributed by atoms with Crippen molar-refractivity contribution in [1.82, 2.24) is 9.55 Å². The summed E-state index contributed by atoms with van der Waals surface area (Å²) in [7, 11) is 1.54. The molecule has 0 spiro atoms. The number of carbonyl (C=O) groups is 1. The van der Waals surface area contributed by atoms with Crippen molar-refractivity contribution in [3.8, 4) is 11.3 Å². The van der Waals surface area contributed by atoms with Crippen LogP contribution in [-0.2, 0) is 7.05 Å². The molecule has 0 aliphatic heterocycles. The second-order valence-electron chi connectivity index (χ2n) is 3.88. The molecule has 1 heterocycles. The fourth-order valence-corrected chi connectivity index (χ4v) is 1.72. The highest BCUT2D eigenvalue weighted by molar-refractivity contribution is 5.92. The Morgan fingerprint density at radius 3 is 2.41 bits per heavy atom. The van der Waals surface area contributed by atoms with E-state index in [4.69, 9.17) is 5.11 Å². The average molecular weight is 232 g/mol. The molecule has 0 aliphatic carbocycles. The third kappa shape index (κ3) is 1.87. The van der Waals surface area contributed by atoms with Crippen molar-refractivity contribution in [3.63, 3.8) is 0 Å². The summed E-state index contributed by atoms with van der Waals surface area (Å²) in [5.41, 5.74) is 1.65. The zero-order chi connectivity index (χ0) is 12.6. The summed E-state index contributed by atoms with van der Waals surface area (Å²) in [6.45, 7) is 1.94. The summed E-state index contributed by atoms with van der Waals surface area (Å²) in [6.07, 6.45) is 0. The van der Waals surface area contributed by atoms with Gasteiger partial charge in [0.15, 0.2) is 5.69 Å². The number of benzene rings is 1. The van der Waals surface area contributed by atoms with E-state index in [0.717, 1.165) is 5.56 Å². The van der Waals surface area contributed by atoms with Crippen LogP contribution in [0, 0.1) is 6.92 Å². The number of carboxylic acids is 1. The van der Waals surface area contributed by atoms with Crippen LogP contribution in [0.1, 0.15) is 16.1 Å². The Morgan fingerprint density at radius 2 is 1.88 bits per heavy atom. The minimum Gasteiger partial charge on any atom is -0.477 e. The first kappa shape index (κ1) is 11.2. The Hall–Kier alpha value is -2.30. The molecule has 2 N–H and O–H groups in total. The maximum absolute atomic E-state index is 11.4. The zero-order valence-corrected chi connectivity index (χ0v) is 9.52. The molecular weight excluding hydrogens is 220 g/mol. The smallest absolute Gasteiger partial charge is 0.354 e. The Labute approximate surface area is 97.3 Å². The highest BCUT2D eigenvalue weighted by Crippen LogP contribution is 2.21. The lowest BCUT2D eigenvalue weighted by atomic mass is 10.1. The Morgan fingerprint density at radius 1 is 1.29 bits per heavy atom. The third-order valence-electron chi connectivity index (χ3n) is 2.65. The van der Waals surface area contributed by atoms with E-state index in [0.29, 0.717) is 11.3 Å². The summed E-state index contributed by atoms with van der Waals surface area (Å²) in [4.78, 5) is 24.8. The van der Waals surface area contributed by atoms with Gasteiger partial charge in [0.25, 0.3) is 0 Å². The van der Waals surface area contributed by atoms with Gasteiger partial charge in [-0.2, -0.15) is 0 Å². The number of aromatic amines is 1.